The summed E-state index contributed by atoms with van der Waals surface area (Å²) in [6.45, 7) is -9.24. The number of aliphatic hydroxyl groups is 29. The Hall–Kier alpha value is -4.00. The highest BCUT2D eigenvalue weighted by molar-refractivity contribution is 5.74. The van der Waals surface area contributed by atoms with Crippen LogP contribution in [-0.2, 0) is 104 Å². The van der Waals surface area contributed by atoms with Crippen molar-refractivity contribution in [2.24, 2.45) is 0 Å². The summed E-state index contributed by atoms with van der Waals surface area (Å²) in [5, 5.41) is 331. The van der Waals surface area contributed by atoms with E-state index in [4.69, 9.17) is 85.3 Å². The molecule has 0 spiro atoms. The van der Waals surface area contributed by atoms with Gasteiger partial charge in [-0.1, -0.05) is 0 Å². The van der Waals surface area contributed by atoms with Gasteiger partial charge in [0.25, 0.3) is 0 Å². The van der Waals surface area contributed by atoms with E-state index in [1.807, 2.05) is 0 Å². The maximum Gasteiger partial charge on any atom is 0.217 e. The molecule has 9 rings (SSSR count). The lowest BCUT2D eigenvalue weighted by Gasteiger charge is -2.52. The first kappa shape index (κ1) is 103. The Morgan fingerprint density at radius 1 is 0.276 bits per heavy atom. The number of ether oxygens (including phenoxy) is 18. The van der Waals surface area contributed by atoms with Crippen LogP contribution in [0.1, 0.15) is 27.7 Å². The van der Waals surface area contributed by atoms with E-state index < -0.39 is 397 Å². The van der Waals surface area contributed by atoms with E-state index in [0.29, 0.717) is 0 Å². The topological polar surface area (TPSA) is 869 Å². The van der Waals surface area contributed by atoms with Crippen molar-refractivity contribution in [3.8, 4) is 0 Å². The largest absolute Gasteiger partial charge is 0.394 e. The van der Waals surface area contributed by atoms with Crippen LogP contribution in [0.2, 0.25) is 0 Å². The highest BCUT2D eigenvalue weighted by Gasteiger charge is 2.62. The predicted octanol–water partition coefficient (Wildman–Crippen LogP) is -22.6. The Morgan fingerprint density at radius 2 is 0.569 bits per heavy atom. The first-order valence-corrected chi connectivity index (χ1v) is 39.1. The molecule has 9 aliphatic heterocycles. The van der Waals surface area contributed by atoms with E-state index in [2.05, 4.69) is 21.3 Å². The Labute approximate surface area is 696 Å². The first-order valence-electron chi connectivity index (χ1n) is 39.1. The smallest absolute Gasteiger partial charge is 0.217 e. The SMILES string of the molecule is CC(=O)N[C@@H]1[C@H](O[C@@H]2[C@@H](O[C@@H]3[C@H](O)[C@H](O[C@@H]([C@H](O)[C@H](CO)NC(C)=O)[C@H](O)CO)O[C@H](CO[C@H]4O[C@H](CO)[C@@H](O)[C@H](O)[C@@H]4O[C@@H]4O[C@H](CO)[C@@H](O[C@@H]5O[C@H](CO)[C@H](O)[C@H](O)[C@H]5O)[C@H](O)[C@H]4NC(C)=O)[C@H]3O)O[C@H](CO)[C@@H](O[C@@H]3O[C@H](CO)[C@@H](O[C@@H]4O[C@H](CO)[C@H](O)[C@H](O)[C@H]4O)[C@H](O)[C@H]3NC(C)=O)[C@@H]2O)O[C@H](CO)[C@@H](O[C@@H]2O[C@H](CO)[C@H](O)[C@H](O)[C@H]2O)[C@@H]1O. The standard InChI is InChI=1S/C68H116N4O51/c1-16(83)69-20(5-73)34(88)52(21(87)6-74)116-66-51(105)57(39(93)30(115-66)15-106-67-58(46(100)38(92)25(10-78)110-67)122-61-32(71-18(3)85)41(95)54(27(12-80)112-61)119-64-48(102)44(98)36(90)23(8-76)108-64)121-68-59(123-62-33(72-19(4)86)42(96)55(28(13-81)113-62)120-65-49(103)45(99)37(91)24(9-77)109-65)50(104)56(29(14-82)114-68)117-60-31(70-17(2)84)40(94)53(26(11-79)111-60)118-63-47(101)43(97)35(89)22(7-75)107-63/h20-68,73-82,87-105H,5-15H2,1-4H3,(H,69,83)(H,70,84)(H,71,85)(H,72,86)/t20-,21+,22+,23+,24+,25+,26+,27+,28+,29+,30+,31+,32+,33-,34+,35-,36-,37-,38+,39+,40+,41+,42+,43-,44-,45-,46-,47+,48+,49+,50-,51-,52+,53+,54+,55+,56+,57-,58-,59-,60-,61-,62-,63-,64-,65-,66-,67-,68+/m0/s1. The van der Waals surface area contributed by atoms with Gasteiger partial charge in [0.05, 0.1) is 78.7 Å². The van der Waals surface area contributed by atoms with Gasteiger partial charge in [-0.25, -0.2) is 0 Å². The van der Waals surface area contributed by atoms with Gasteiger partial charge in [-0.3, -0.25) is 19.2 Å². The van der Waals surface area contributed by atoms with Gasteiger partial charge < -0.3 is 255 Å². The number of hydrogen-bond donors (Lipinski definition) is 33. The predicted molar refractivity (Wildman–Crippen MR) is 378 cm³/mol. The molecule has 9 fully saturated rings. The number of carbonyl (C=O) groups excluding carboxylic acids is 4. The van der Waals surface area contributed by atoms with Crippen LogP contribution in [0.5, 0.6) is 0 Å². The third-order valence-corrected chi connectivity index (χ3v) is 22.1. The van der Waals surface area contributed by atoms with E-state index in [9.17, 15) is 167 Å². The molecule has 9 heterocycles. The molecule has 49 atom stereocenters. The van der Waals surface area contributed by atoms with Crippen LogP contribution in [0.4, 0.5) is 0 Å². The van der Waals surface area contributed by atoms with Gasteiger partial charge in [0.2, 0.25) is 23.6 Å². The van der Waals surface area contributed by atoms with Crippen molar-refractivity contribution < 1.29 is 253 Å². The number of amides is 4. The van der Waals surface area contributed by atoms with E-state index in [-0.39, 0.29) is 0 Å². The zero-order chi connectivity index (χ0) is 90.9. The van der Waals surface area contributed by atoms with Crippen LogP contribution in [-0.4, -0.2) is 545 Å². The second-order valence-corrected chi connectivity index (χ2v) is 30.7. The Balaban J connectivity index is 1.10. The van der Waals surface area contributed by atoms with Crippen molar-refractivity contribution in [3.05, 3.63) is 0 Å². The average molecular weight is 1810 g/mol. The van der Waals surface area contributed by atoms with Crippen molar-refractivity contribution in [3.63, 3.8) is 0 Å². The van der Waals surface area contributed by atoms with Crippen molar-refractivity contribution in [2.75, 3.05) is 72.7 Å². The molecule has 33 N–H and O–H groups in total. The normalized spacial score (nSPS) is 46.7. The van der Waals surface area contributed by atoms with E-state index >= 15 is 0 Å². The molecule has 0 radical (unpaired) electrons. The van der Waals surface area contributed by atoms with Gasteiger partial charge in [-0.2, -0.15) is 0 Å². The monoisotopic (exact) mass is 1800 g/mol. The first-order chi connectivity index (χ1) is 58.2. The molecule has 9 aliphatic rings. The Kier molecular flexibility index (Phi) is 38.2. The van der Waals surface area contributed by atoms with Crippen LogP contribution in [0.15, 0.2) is 0 Å². The third kappa shape index (κ3) is 23.3. The van der Waals surface area contributed by atoms with Gasteiger partial charge >= 0.3 is 0 Å². The van der Waals surface area contributed by atoms with Gasteiger partial charge in [-0.15, -0.1) is 0 Å². The summed E-state index contributed by atoms with van der Waals surface area (Å²) < 4.78 is 107. The average Bonchev–Trinajstić information content (AvgIpc) is 0.765. The fourth-order valence-corrected chi connectivity index (χ4v) is 15.5. The van der Waals surface area contributed by atoms with E-state index in [1.54, 1.807) is 0 Å². The van der Waals surface area contributed by atoms with E-state index in [1.165, 1.54) is 0 Å². The Morgan fingerprint density at radius 3 is 0.902 bits per heavy atom. The van der Waals surface area contributed by atoms with Gasteiger partial charge in [0.1, 0.15) is 238 Å². The lowest BCUT2D eigenvalue weighted by molar-refractivity contribution is -0.404. The van der Waals surface area contributed by atoms with Crippen LogP contribution in [0.25, 0.3) is 0 Å². The van der Waals surface area contributed by atoms with Crippen molar-refractivity contribution in [1.29, 1.82) is 0 Å². The summed E-state index contributed by atoms with van der Waals surface area (Å²) in [4.78, 5) is 51.7. The molecule has 0 aromatic rings. The molecule has 0 aromatic heterocycles. The minimum Gasteiger partial charge on any atom is -0.394 e. The lowest BCUT2D eigenvalue weighted by atomic mass is 9.93. The molecule has 9 saturated heterocycles. The molecule has 0 aliphatic carbocycles. The third-order valence-electron chi connectivity index (χ3n) is 22.1. The Bertz CT molecular complexity index is 3250. The summed E-state index contributed by atoms with van der Waals surface area (Å²) in [5.41, 5.74) is 0. The molecule has 0 saturated carbocycles. The zero-order valence-corrected chi connectivity index (χ0v) is 66.0. The highest BCUT2D eigenvalue weighted by atomic mass is 16.8. The van der Waals surface area contributed by atoms with Crippen LogP contribution < -0.4 is 21.3 Å². The molecule has 0 unspecified atom stereocenters. The maximum atomic E-state index is 13.3. The number of rotatable bonds is 36. The quantitative estimate of drug-likeness (QED) is 0.0277. The van der Waals surface area contributed by atoms with Crippen molar-refractivity contribution in [1.82, 2.24) is 21.3 Å². The number of nitrogens with one attached hydrogen (secondary N) is 4. The summed E-state index contributed by atoms with van der Waals surface area (Å²) in [6.07, 6.45) is -97.9. The second-order valence-electron chi connectivity index (χ2n) is 30.7. The molecular weight excluding hydrogens is 1690 g/mol. The molecule has 55 heteroatoms. The van der Waals surface area contributed by atoms with Crippen LogP contribution in [0, 0.1) is 0 Å². The zero-order valence-electron chi connectivity index (χ0n) is 66.0. The van der Waals surface area contributed by atoms with Crippen LogP contribution in [0.3, 0.4) is 0 Å². The summed E-state index contributed by atoms with van der Waals surface area (Å²) in [7, 11) is 0. The molecular formula is C68H116N4O51. The van der Waals surface area contributed by atoms with Crippen LogP contribution >= 0.6 is 0 Å². The minimum absolute atomic E-state index is 0.876. The molecule has 0 aromatic carbocycles. The number of aliphatic hydroxyl groups excluding tert-OH is 29. The van der Waals surface area contributed by atoms with Gasteiger partial charge in [-0.05, 0) is 0 Å². The second kappa shape index (κ2) is 45.7. The highest BCUT2D eigenvalue weighted by Crippen LogP contribution is 2.41. The van der Waals surface area contributed by atoms with Crippen molar-refractivity contribution in [2.45, 2.75) is 328 Å². The fourth-order valence-electron chi connectivity index (χ4n) is 15.5. The molecule has 55 nitrogen and oxygen atoms in total. The number of hydrogen-bond acceptors (Lipinski definition) is 51. The van der Waals surface area contributed by atoms with Gasteiger partial charge in [0.15, 0.2) is 56.6 Å². The minimum atomic E-state index is -2.71. The molecule has 4 amide bonds. The number of carbonyl (C=O) groups is 4. The lowest BCUT2D eigenvalue weighted by Crippen LogP contribution is -2.71. The van der Waals surface area contributed by atoms with Gasteiger partial charge in [0, 0.05) is 27.7 Å². The molecule has 123 heavy (non-hydrogen) atoms. The summed E-state index contributed by atoms with van der Waals surface area (Å²) >= 11 is 0. The summed E-state index contributed by atoms with van der Waals surface area (Å²) in [5.74, 6) is -3.92. The maximum absolute atomic E-state index is 13.3. The summed E-state index contributed by atoms with van der Waals surface area (Å²) in [6, 6.07) is -7.88. The fraction of sp³-hybridized carbons (Fsp3) is 0.941. The molecule has 0 bridgehead atoms. The molecule has 714 valence electrons. The van der Waals surface area contributed by atoms with Crippen molar-refractivity contribution >= 4 is 23.6 Å². The van der Waals surface area contributed by atoms with E-state index in [0.717, 1.165) is 27.7 Å².